The van der Waals surface area contributed by atoms with Crippen molar-refractivity contribution in [3.8, 4) is 11.4 Å². The Labute approximate surface area is 176 Å². The minimum Gasteiger partial charge on any atom is -0.269 e. The molecule has 0 aliphatic rings. The summed E-state index contributed by atoms with van der Waals surface area (Å²) < 4.78 is 17.2. The fraction of sp³-hybridized carbons (Fsp3) is 0.105. The quantitative estimate of drug-likeness (QED) is 0.432. The van der Waals surface area contributed by atoms with Gasteiger partial charge in [0, 0.05) is 29.0 Å². The normalized spacial score (nSPS) is 11.5. The molecule has 11 heteroatoms. The summed E-state index contributed by atoms with van der Waals surface area (Å²) in [4.78, 5) is 38.1. The van der Waals surface area contributed by atoms with Gasteiger partial charge in [-0.3, -0.25) is 19.1 Å². The second kappa shape index (κ2) is 7.18. The Bertz CT molecular complexity index is 1530. The van der Waals surface area contributed by atoms with Gasteiger partial charge < -0.3 is 0 Å². The predicted octanol–water partition coefficient (Wildman–Crippen LogP) is 2.89. The van der Waals surface area contributed by atoms with Crippen LogP contribution in [0.3, 0.4) is 0 Å². The summed E-state index contributed by atoms with van der Waals surface area (Å²) in [5.41, 5.74) is 1.49. The molecule has 0 bridgehead atoms. The maximum atomic E-state index is 14.2. The summed E-state index contributed by atoms with van der Waals surface area (Å²) in [6, 6.07) is 8.98. The fourth-order valence-corrected chi connectivity index (χ4v) is 4.79. The van der Waals surface area contributed by atoms with E-state index in [4.69, 9.17) is 0 Å². The largest absolute Gasteiger partial charge is 0.269 e. The third-order valence-corrected chi connectivity index (χ3v) is 6.33. The lowest BCUT2D eigenvalue weighted by atomic mass is 10.2. The SMILES string of the molecule is Cc1csc2nc(CSc3nc(-c4ccccc4F)nc4cc(=O)[nH]n34)cc(=O)n12. The number of hydrogen-bond acceptors (Lipinski definition) is 7. The van der Waals surface area contributed by atoms with E-state index in [-0.39, 0.29) is 22.5 Å². The molecule has 1 aromatic carbocycles. The molecule has 8 nitrogen and oxygen atoms in total. The summed E-state index contributed by atoms with van der Waals surface area (Å²) in [7, 11) is 0. The smallest absolute Gasteiger partial charge is 0.266 e. The van der Waals surface area contributed by atoms with E-state index in [0.29, 0.717) is 27.2 Å². The topological polar surface area (TPSA) is 97.4 Å². The number of aromatic amines is 1. The number of hydrogen-bond donors (Lipinski definition) is 1. The van der Waals surface area contributed by atoms with Crippen molar-refractivity contribution in [2.75, 3.05) is 0 Å². The van der Waals surface area contributed by atoms with Gasteiger partial charge in [0.15, 0.2) is 21.6 Å². The van der Waals surface area contributed by atoms with Crippen molar-refractivity contribution in [1.82, 2.24) is 29.0 Å². The van der Waals surface area contributed by atoms with Crippen LogP contribution in [-0.2, 0) is 5.75 Å². The lowest BCUT2D eigenvalue weighted by molar-refractivity contribution is 0.629. The highest BCUT2D eigenvalue weighted by Gasteiger charge is 2.15. The van der Waals surface area contributed by atoms with Gasteiger partial charge in [-0.15, -0.1) is 11.3 Å². The molecule has 0 atom stereocenters. The minimum absolute atomic E-state index is 0.149. The molecule has 0 aliphatic carbocycles. The lowest BCUT2D eigenvalue weighted by Gasteiger charge is -2.08. The van der Waals surface area contributed by atoms with Gasteiger partial charge in [0.05, 0.1) is 11.3 Å². The number of fused-ring (bicyclic) bond motifs is 2. The van der Waals surface area contributed by atoms with Gasteiger partial charge in [0.1, 0.15) is 5.82 Å². The number of H-pyrrole nitrogens is 1. The first kappa shape index (κ1) is 18.7. The Morgan fingerprint density at radius 1 is 1.17 bits per heavy atom. The number of halogens is 1. The first-order valence-corrected chi connectivity index (χ1v) is 10.7. The summed E-state index contributed by atoms with van der Waals surface area (Å²) in [5.74, 6) is 0.0574. The van der Waals surface area contributed by atoms with E-state index in [1.165, 1.54) is 45.8 Å². The number of aryl methyl sites for hydroxylation is 1. The number of rotatable bonds is 4. The lowest BCUT2D eigenvalue weighted by Crippen LogP contribution is -2.14. The average Bonchev–Trinajstić information content (AvgIpc) is 3.28. The number of nitrogens with zero attached hydrogens (tertiary/aromatic N) is 5. The first-order valence-electron chi connectivity index (χ1n) is 8.84. The van der Waals surface area contributed by atoms with Crippen molar-refractivity contribution < 1.29 is 4.39 Å². The molecule has 0 saturated carbocycles. The van der Waals surface area contributed by atoms with Gasteiger partial charge in [-0.2, -0.15) is 0 Å². The van der Waals surface area contributed by atoms with Gasteiger partial charge in [0.25, 0.3) is 11.1 Å². The molecule has 30 heavy (non-hydrogen) atoms. The van der Waals surface area contributed by atoms with E-state index in [1.54, 1.807) is 22.6 Å². The van der Waals surface area contributed by atoms with Crippen LogP contribution in [0.5, 0.6) is 0 Å². The molecule has 4 aromatic heterocycles. The average molecular weight is 440 g/mol. The van der Waals surface area contributed by atoms with Crippen molar-refractivity contribution in [2.45, 2.75) is 17.8 Å². The zero-order chi connectivity index (χ0) is 20.8. The van der Waals surface area contributed by atoms with Crippen molar-refractivity contribution in [3.63, 3.8) is 0 Å². The first-order chi connectivity index (χ1) is 14.5. The third-order valence-electron chi connectivity index (χ3n) is 4.42. The molecule has 1 N–H and O–H groups in total. The van der Waals surface area contributed by atoms with E-state index in [2.05, 4.69) is 20.1 Å². The Hall–Kier alpha value is -3.31. The Morgan fingerprint density at radius 2 is 2.00 bits per heavy atom. The standard InChI is InChI=1S/C19H13FN6O2S2/c1-10-8-29-18-21-11(6-16(28)25(10)18)9-30-19-23-17(12-4-2-3-5-13(12)20)22-14-7-15(27)24-26(14)19/h2-8H,9H2,1H3,(H,24,27). The molecule has 150 valence electrons. The number of nitrogens with one attached hydrogen (secondary N) is 1. The van der Waals surface area contributed by atoms with E-state index in [0.717, 1.165) is 5.69 Å². The van der Waals surface area contributed by atoms with Crippen molar-refractivity contribution in [3.05, 3.63) is 79.7 Å². The zero-order valence-electron chi connectivity index (χ0n) is 15.5. The molecule has 0 saturated heterocycles. The van der Waals surface area contributed by atoms with E-state index < -0.39 is 5.82 Å². The predicted molar refractivity (Wildman–Crippen MR) is 113 cm³/mol. The maximum Gasteiger partial charge on any atom is 0.266 e. The minimum atomic E-state index is -0.455. The molecule has 0 spiro atoms. The second-order valence-electron chi connectivity index (χ2n) is 6.49. The van der Waals surface area contributed by atoms with Gasteiger partial charge in [-0.05, 0) is 19.1 Å². The van der Waals surface area contributed by atoms with Crippen molar-refractivity contribution in [1.29, 1.82) is 0 Å². The van der Waals surface area contributed by atoms with E-state index >= 15 is 0 Å². The third kappa shape index (κ3) is 3.21. The molecule has 5 aromatic rings. The van der Waals surface area contributed by atoms with Crippen LogP contribution in [0, 0.1) is 12.7 Å². The molecule has 4 heterocycles. The molecular weight excluding hydrogens is 427 g/mol. The number of benzene rings is 1. The summed E-state index contributed by atoms with van der Waals surface area (Å²) in [5, 5.41) is 4.92. The summed E-state index contributed by atoms with van der Waals surface area (Å²) in [6.45, 7) is 1.85. The molecular formula is C19H13FN6O2S2. The fourth-order valence-electron chi connectivity index (χ4n) is 3.06. The summed E-state index contributed by atoms with van der Waals surface area (Å²) >= 11 is 2.66. The highest BCUT2D eigenvalue weighted by atomic mass is 32.2. The van der Waals surface area contributed by atoms with E-state index in [1.807, 2.05) is 12.3 Å². The van der Waals surface area contributed by atoms with Crippen LogP contribution < -0.4 is 11.1 Å². The van der Waals surface area contributed by atoms with Gasteiger partial charge in [-0.1, -0.05) is 23.9 Å². The van der Waals surface area contributed by atoms with Crippen LogP contribution in [0.2, 0.25) is 0 Å². The highest BCUT2D eigenvalue weighted by molar-refractivity contribution is 7.98. The van der Waals surface area contributed by atoms with E-state index in [9.17, 15) is 14.0 Å². The van der Waals surface area contributed by atoms with Crippen LogP contribution in [0.1, 0.15) is 11.4 Å². The van der Waals surface area contributed by atoms with Crippen LogP contribution in [-0.4, -0.2) is 29.0 Å². The van der Waals surface area contributed by atoms with Crippen LogP contribution in [0.4, 0.5) is 4.39 Å². The number of aromatic nitrogens is 6. The molecule has 0 radical (unpaired) electrons. The van der Waals surface area contributed by atoms with Gasteiger partial charge in [0.2, 0.25) is 0 Å². The Balaban J connectivity index is 1.56. The van der Waals surface area contributed by atoms with Gasteiger partial charge in [-0.25, -0.2) is 23.9 Å². The number of thioether (sulfide) groups is 1. The summed E-state index contributed by atoms with van der Waals surface area (Å²) in [6.07, 6.45) is 0. The maximum absolute atomic E-state index is 14.2. The van der Waals surface area contributed by atoms with Crippen molar-refractivity contribution >= 4 is 33.7 Å². The number of thiazole rings is 1. The Morgan fingerprint density at radius 3 is 2.83 bits per heavy atom. The van der Waals surface area contributed by atoms with Gasteiger partial charge >= 0.3 is 0 Å². The monoisotopic (exact) mass is 440 g/mol. The molecule has 0 unspecified atom stereocenters. The second-order valence-corrected chi connectivity index (χ2v) is 8.27. The molecule has 0 aliphatic heterocycles. The van der Waals surface area contributed by atoms with Crippen LogP contribution >= 0.6 is 23.1 Å². The Kier molecular flexibility index (Phi) is 4.48. The van der Waals surface area contributed by atoms with Crippen LogP contribution in [0.15, 0.2) is 56.5 Å². The molecule has 5 rings (SSSR count). The zero-order valence-corrected chi connectivity index (χ0v) is 17.1. The highest BCUT2D eigenvalue weighted by Crippen LogP contribution is 2.25. The van der Waals surface area contributed by atoms with Crippen LogP contribution in [0.25, 0.3) is 22.0 Å². The molecule has 0 fully saturated rings. The van der Waals surface area contributed by atoms with Crippen molar-refractivity contribution in [2.24, 2.45) is 0 Å². The molecule has 0 amide bonds.